The zero-order chi connectivity index (χ0) is 32.9. The minimum absolute atomic E-state index is 0.0200. The number of methoxy groups -OCH3 is 1. The standard InChI is InChI=1S/C32H37F4N5O3S/c1-5-6-7-11-28-31(33)29(16-18-39(28)2)40(3)26-12-8-13-27-24(26)19-22(41(27)21-32(34,35)36)10-9-17-38-25-15-14-23(45(37,42)43)20-30(25)44-4/h5-8,12-15,19-20,28-29,31,38H,1,11,16-18,21H2,2-4H3,(H2,37,42,43)/b7-6+/t28?,29-,31+/m0/s1. The Hall–Kier alpha value is -3.99. The lowest BCUT2D eigenvalue weighted by molar-refractivity contribution is -0.140. The minimum atomic E-state index is -4.51. The zero-order valence-corrected chi connectivity index (χ0v) is 26.1. The lowest BCUT2D eigenvalue weighted by Gasteiger charge is -2.44. The lowest BCUT2D eigenvalue weighted by atomic mass is 9.91. The van der Waals surface area contributed by atoms with Crippen LogP contribution in [0, 0.1) is 11.8 Å². The molecule has 8 nitrogen and oxygen atoms in total. The van der Waals surface area contributed by atoms with Gasteiger partial charge in [-0.1, -0.05) is 36.8 Å². The maximum absolute atomic E-state index is 15.9. The Bertz CT molecular complexity index is 1730. The predicted molar refractivity (Wildman–Crippen MR) is 170 cm³/mol. The van der Waals surface area contributed by atoms with Crippen molar-refractivity contribution in [1.82, 2.24) is 9.47 Å². The highest BCUT2D eigenvalue weighted by atomic mass is 32.2. The van der Waals surface area contributed by atoms with E-state index in [4.69, 9.17) is 9.88 Å². The molecule has 242 valence electrons. The van der Waals surface area contributed by atoms with Crippen molar-refractivity contribution >= 4 is 32.3 Å². The average Bonchev–Trinajstić information content (AvgIpc) is 3.32. The number of nitrogens with one attached hydrogen (secondary N) is 1. The number of sulfonamides is 1. The number of likely N-dealkylation sites (tertiary alicyclic amines) is 1. The van der Waals surface area contributed by atoms with Gasteiger partial charge in [-0.2, -0.15) is 13.2 Å². The number of alkyl halides is 4. The number of primary sulfonamides is 1. The van der Waals surface area contributed by atoms with Crippen LogP contribution in [0.25, 0.3) is 10.9 Å². The summed E-state index contributed by atoms with van der Waals surface area (Å²) in [4.78, 5) is 3.69. The molecule has 1 fully saturated rings. The number of hydrogen-bond donors (Lipinski definition) is 2. The number of nitrogens with zero attached hydrogens (tertiary/aromatic N) is 3. The highest BCUT2D eigenvalue weighted by Crippen LogP contribution is 2.35. The number of piperidine rings is 1. The first-order chi connectivity index (χ1) is 21.2. The van der Waals surface area contributed by atoms with Crippen LogP contribution in [0.2, 0.25) is 0 Å². The second-order valence-corrected chi connectivity index (χ2v) is 12.4. The number of anilines is 2. The molecule has 0 bridgehead atoms. The number of ether oxygens (including phenoxy) is 1. The molecule has 0 amide bonds. The molecule has 1 aliphatic rings. The quantitative estimate of drug-likeness (QED) is 0.176. The molecule has 3 aromatic rings. The number of halogens is 4. The van der Waals surface area contributed by atoms with Gasteiger partial charge in [-0.25, -0.2) is 17.9 Å². The average molecular weight is 648 g/mol. The first-order valence-electron chi connectivity index (χ1n) is 14.2. The summed E-state index contributed by atoms with van der Waals surface area (Å²) in [6, 6.07) is 9.87. The third-order valence-electron chi connectivity index (χ3n) is 7.95. The number of hydrogen-bond acceptors (Lipinski definition) is 6. The van der Waals surface area contributed by atoms with Crippen molar-refractivity contribution in [3.63, 3.8) is 0 Å². The van der Waals surface area contributed by atoms with E-state index in [0.29, 0.717) is 41.7 Å². The molecule has 0 spiro atoms. The maximum Gasteiger partial charge on any atom is 0.406 e. The van der Waals surface area contributed by atoms with Crippen molar-refractivity contribution in [2.75, 3.05) is 44.5 Å². The van der Waals surface area contributed by atoms with Gasteiger partial charge in [0.25, 0.3) is 0 Å². The van der Waals surface area contributed by atoms with Gasteiger partial charge in [-0.05, 0) is 56.1 Å². The van der Waals surface area contributed by atoms with Crippen LogP contribution < -0.4 is 20.1 Å². The molecule has 1 aliphatic heterocycles. The number of rotatable bonds is 10. The maximum atomic E-state index is 15.9. The third-order valence-corrected chi connectivity index (χ3v) is 8.86. The van der Waals surface area contributed by atoms with E-state index in [2.05, 4.69) is 23.7 Å². The van der Waals surface area contributed by atoms with E-state index in [1.54, 1.807) is 43.5 Å². The molecule has 2 aromatic carbocycles. The summed E-state index contributed by atoms with van der Waals surface area (Å²) in [7, 11) is 1.09. The highest BCUT2D eigenvalue weighted by molar-refractivity contribution is 7.89. The Kier molecular flexibility index (Phi) is 10.5. The molecule has 45 heavy (non-hydrogen) atoms. The van der Waals surface area contributed by atoms with Crippen LogP contribution in [0.4, 0.5) is 28.9 Å². The van der Waals surface area contributed by atoms with E-state index in [9.17, 15) is 21.6 Å². The van der Waals surface area contributed by atoms with Crippen molar-refractivity contribution in [3.8, 4) is 17.6 Å². The van der Waals surface area contributed by atoms with E-state index in [1.807, 2.05) is 22.9 Å². The van der Waals surface area contributed by atoms with E-state index in [-0.39, 0.29) is 28.9 Å². The molecular formula is C32H37F4N5O3S. The summed E-state index contributed by atoms with van der Waals surface area (Å²) >= 11 is 0. The van der Waals surface area contributed by atoms with Gasteiger partial charge in [0.1, 0.15) is 18.5 Å². The second kappa shape index (κ2) is 14.0. The van der Waals surface area contributed by atoms with Crippen LogP contribution >= 0.6 is 0 Å². The van der Waals surface area contributed by atoms with E-state index >= 15 is 4.39 Å². The Morgan fingerprint density at radius 2 is 2.00 bits per heavy atom. The molecule has 2 heterocycles. The number of nitrogens with two attached hydrogens (primary N) is 1. The second-order valence-electron chi connectivity index (χ2n) is 10.9. The molecule has 1 unspecified atom stereocenters. The SMILES string of the molecule is C=C/C=C/CC1[C@@H](F)[C@@H](N(C)c2cccc3c2cc(C#CCNc2ccc(S(N)(=O)=O)cc2OC)n3CC(F)(F)F)CCN1C. The fourth-order valence-electron chi connectivity index (χ4n) is 5.67. The molecule has 0 saturated carbocycles. The van der Waals surface area contributed by atoms with Crippen molar-refractivity contribution in [3.05, 3.63) is 73.0 Å². The molecule has 4 rings (SSSR count). The fraction of sp³-hybridized carbons (Fsp3) is 0.375. The number of allylic oxidation sites excluding steroid dienone is 2. The van der Waals surface area contributed by atoms with Crippen LogP contribution in [0.15, 0.2) is 72.2 Å². The zero-order valence-electron chi connectivity index (χ0n) is 25.3. The van der Waals surface area contributed by atoms with Crippen LogP contribution in [-0.2, 0) is 16.6 Å². The number of fused-ring (bicyclic) bond motifs is 1. The molecule has 3 atom stereocenters. The topological polar surface area (TPSA) is 92.8 Å². The van der Waals surface area contributed by atoms with Gasteiger partial charge in [-0.15, -0.1) is 0 Å². The fourth-order valence-corrected chi connectivity index (χ4v) is 6.20. The summed E-state index contributed by atoms with van der Waals surface area (Å²) in [5.41, 5.74) is 1.53. The summed E-state index contributed by atoms with van der Waals surface area (Å²) in [6.45, 7) is 3.11. The Morgan fingerprint density at radius 1 is 1.24 bits per heavy atom. The number of aromatic nitrogens is 1. The van der Waals surface area contributed by atoms with Gasteiger partial charge in [0.15, 0.2) is 0 Å². The monoisotopic (exact) mass is 647 g/mol. The minimum Gasteiger partial charge on any atom is -0.495 e. The van der Waals surface area contributed by atoms with Crippen molar-refractivity contribution in [2.24, 2.45) is 5.14 Å². The van der Waals surface area contributed by atoms with Gasteiger partial charge >= 0.3 is 6.18 Å². The Labute approximate surface area is 261 Å². The summed E-state index contributed by atoms with van der Waals surface area (Å²) < 4.78 is 86.8. The van der Waals surface area contributed by atoms with Gasteiger partial charge in [0.05, 0.1) is 41.5 Å². The van der Waals surface area contributed by atoms with E-state index in [0.717, 1.165) is 4.57 Å². The molecule has 1 saturated heterocycles. The summed E-state index contributed by atoms with van der Waals surface area (Å²) in [5, 5.41) is 8.71. The third kappa shape index (κ3) is 8.00. The predicted octanol–water partition coefficient (Wildman–Crippen LogP) is 5.30. The molecule has 1 aromatic heterocycles. The van der Waals surface area contributed by atoms with Gasteiger partial charge in [-0.3, -0.25) is 0 Å². The van der Waals surface area contributed by atoms with Crippen molar-refractivity contribution in [2.45, 2.75) is 48.7 Å². The van der Waals surface area contributed by atoms with Gasteiger partial charge in [0, 0.05) is 36.8 Å². The van der Waals surface area contributed by atoms with Gasteiger partial charge < -0.3 is 24.4 Å². The van der Waals surface area contributed by atoms with Crippen LogP contribution in [0.1, 0.15) is 18.5 Å². The van der Waals surface area contributed by atoms with Crippen molar-refractivity contribution in [1.29, 1.82) is 0 Å². The molecule has 13 heteroatoms. The Morgan fingerprint density at radius 3 is 2.67 bits per heavy atom. The largest absolute Gasteiger partial charge is 0.495 e. The van der Waals surface area contributed by atoms with E-state index < -0.39 is 35.0 Å². The molecule has 0 radical (unpaired) electrons. The van der Waals surface area contributed by atoms with E-state index in [1.165, 1.54) is 25.3 Å². The molecule has 0 aliphatic carbocycles. The smallest absolute Gasteiger partial charge is 0.406 e. The van der Waals surface area contributed by atoms with Crippen LogP contribution in [-0.4, -0.2) is 76.6 Å². The molecule has 3 N–H and O–H groups in total. The number of benzene rings is 2. The highest BCUT2D eigenvalue weighted by Gasteiger charge is 2.39. The van der Waals surface area contributed by atoms with Crippen LogP contribution in [0.3, 0.4) is 0 Å². The normalized spacial score (nSPS) is 19.3. The molecular weight excluding hydrogens is 610 g/mol. The summed E-state index contributed by atoms with van der Waals surface area (Å²) in [6.07, 6.45) is 0.675. The van der Waals surface area contributed by atoms with Gasteiger partial charge in [0.2, 0.25) is 10.0 Å². The first-order valence-corrected chi connectivity index (χ1v) is 15.8. The first kappa shape index (κ1) is 33.9. The van der Waals surface area contributed by atoms with Crippen molar-refractivity contribution < 1.29 is 30.7 Å². The lowest BCUT2D eigenvalue weighted by Crippen LogP contribution is -2.56. The Balaban J connectivity index is 1.64. The van der Waals surface area contributed by atoms with Crippen LogP contribution in [0.5, 0.6) is 5.75 Å². The summed E-state index contributed by atoms with van der Waals surface area (Å²) in [5.74, 6) is 5.90.